The predicted molar refractivity (Wildman–Crippen MR) is 142 cm³/mol. The summed E-state index contributed by atoms with van der Waals surface area (Å²) >= 11 is 0. The minimum Gasteiger partial charge on any atom is -0.444 e. The lowest BCUT2D eigenvalue weighted by Gasteiger charge is -2.40. The number of piperidine rings is 1. The number of para-hydroxylation sites is 1. The molecule has 2 aromatic rings. The first kappa shape index (κ1) is 26.9. The number of aliphatic hydroxyl groups is 1. The number of fused-ring (bicyclic) bond motifs is 1. The third-order valence-corrected chi connectivity index (χ3v) is 7.18. The van der Waals surface area contributed by atoms with Gasteiger partial charge in [0.1, 0.15) is 12.3 Å². The van der Waals surface area contributed by atoms with E-state index in [1.54, 1.807) is 17.5 Å². The van der Waals surface area contributed by atoms with Gasteiger partial charge >= 0.3 is 6.09 Å². The normalized spacial score (nSPS) is 15.9. The fraction of sp³-hybridized carbons (Fsp3) is 0.500. The number of anilines is 2. The summed E-state index contributed by atoms with van der Waals surface area (Å²) in [5.41, 5.74) is 6.07. The second-order valence-electron chi connectivity index (χ2n) is 9.62. The molecule has 3 N–H and O–H groups in total. The summed E-state index contributed by atoms with van der Waals surface area (Å²) in [5.74, 6) is -0.0801. The van der Waals surface area contributed by atoms with Gasteiger partial charge in [-0.3, -0.25) is 9.69 Å². The molecule has 200 valence electrons. The van der Waals surface area contributed by atoms with Gasteiger partial charge in [0.2, 0.25) is 0 Å². The smallest absolute Gasteiger partial charge is 0.414 e. The maximum atomic E-state index is 13.2. The third-order valence-electron chi connectivity index (χ3n) is 7.18. The van der Waals surface area contributed by atoms with Gasteiger partial charge < -0.3 is 19.6 Å². The Kier molecular flexibility index (Phi) is 9.38. The molecule has 0 unspecified atom stereocenters. The summed E-state index contributed by atoms with van der Waals surface area (Å²) in [7, 11) is 1.60. The van der Waals surface area contributed by atoms with E-state index in [-0.39, 0.29) is 24.6 Å². The molecule has 0 radical (unpaired) electrons. The highest BCUT2D eigenvalue weighted by Crippen LogP contribution is 2.34. The van der Waals surface area contributed by atoms with Crippen LogP contribution in [0.1, 0.15) is 54.9 Å². The number of hydrogen-bond acceptors (Lipinski definition) is 6. The highest BCUT2D eigenvalue weighted by molar-refractivity contribution is 5.96. The number of carbonyl (C=O) groups excluding carboxylic acids is 2. The molecule has 1 saturated heterocycles. The van der Waals surface area contributed by atoms with E-state index in [0.29, 0.717) is 25.3 Å². The standard InChI is InChI=1S/C28H38N4O5/c1-3-4-7-14-31(17-18-33)27(34)21-10-11-26(24(19-21)29-36-2)30-15-12-23(13-16-30)32-25-9-6-5-8-22(25)20-37-28(32)35/h5-6,8-11,19,23,29,33H,3-4,7,12-18,20H2,1-2H3/p+1. The second-order valence-corrected chi connectivity index (χ2v) is 9.62. The average molecular weight is 512 g/mol. The SMILES string of the molecule is CCCCCN(CCO)C(=O)c1ccc(N2CCC(N3C(=O)OCc4ccccc43)CC2)c([NH2+]OC)c1. The number of quaternary nitrogens is 1. The first-order valence-corrected chi connectivity index (χ1v) is 13.3. The highest BCUT2D eigenvalue weighted by atomic mass is 16.6. The van der Waals surface area contributed by atoms with Crippen molar-refractivity contribution in [3.8, 4) is 0 Å². The number of hydrogen-bond donors (Lipinski definition) is 2. The summed E-state index contributed by atoms with van der Waals surface area (Å²) in [6.07, 6.45) is 4.37. The molecule has 0 atom stereocenters. The van der Waals surface area contributed by atoms with E-state index >= 15 is 0 Å². The van der Waals surface area contributed by atoms with Gasteiger partial charge in [-0.2, -0.15) is 5.48 Å². The van der Waals surface area contributed by atoms with Crippen LogP contribution >= 0.6 is 0 Å². The summed E-state index contributed by atoms with van der Waals surface area (Å²) < 4.78 is 5.44. The monoisotopic (exact) mass is 511 g/mol. The number of carbonyl (C=O) groups is 2. The van der Waals surface area contributed by atoms with Crippen molar-refractivity contribution in [3.63, 3.8) is 0 Å². The number of unbranched alkanes of at least 4 members (excludes halogenated alkanes) is 2. The van der Waals surface area contributed by atoms with Crippen molar-refractivity contribution in [2.45, 2.75) is 51.7 Å². The zero-order valence-corrected chi connectivity index (χ0v) is 21.9. The molecule has 2 aromatic carbocycles. The Balaban J connectivity index is 1.47. The molecule has 0 aliphatic carbocycles. The maximum absolute atomic E-state index is 13.2. The Labute approximate surface area is 218 Å². The van der Waals surface area contributed by atoms with Crippen molar-refractivity contribution in [2.75, 3.05) is 49.7 Å². The molecule has 2 aliphatic rings. The zero-order chi connectivity index (χ0) is 26.2. The molecule has 0 aromatic heterocycles. The van der Waals surface area contributed by atoms with Crippen LogP contribution in [0, 0.1) is 0 Å². The maximum Gasteiger partial charge on any atom is 0.414 e. The van der Waals surface area contributed by atoms with Crippen molar-refractivity contribution in [1.82, 2.24) is 4.90 Å². The number of amides is 2. The molecule has 0 bridgehead atoms. The minimum absolute atomic E-state index is 0.0585. The number of rotatable bonds is 11. The molecular formula is C28H39N4O5+. The lowest BCUT2D eigenvalue weighted by Crippen LogP contribution is -2.76. The van der Waals surface area contributed by atoms with Crippen LogP contribution in [-0.4, -0.2) is 67.9 Å². The lowest BCUT2D eigenvalue weighted by molar-refractivity contribution is -0.829. The summed E-state index contributed by atoms with van der Waals surface area (Å²) in [6, 6.07) is 13.7. The van der Waals surface area contributed by atoms with E-state index in [9.17, 15) is 14.7 Å². The summed E-state index contributed by atoms with van der Waals surface area (Å²) in [6.45, 7) is 4.88. The average Bonchev–Trinajstić information content (AvgIpc) is 2.92. The van der Waals surface area contributed by atoms with E-state index in [2.05, 4.69) is 11.8 Å². The van der Waals surface area contributed by atoms with Crippen LogP contribution in [0.2, 0.25) is 0 Å². The van der Waals surface area contributed by atoms with E-state index in [1.807, 2.05) is 47.4 Å². The second kappa shape index (κ2) is 12.9. The molecule has 4 rings (SSSR count). The van der Waals surface area contributed by atoms with Crippen molar-refractivity contribution in [1.29, 1.82) is 0 Å². The minimum atomic E-state index is -0.278. The number of nitrogens with two attached hydrogens (primary N) is 1. The molecule has 2 amide bonds. The first-order chi connectivity index (χ1) is 18.1. The van der Waals surface area contributed by atoms with Crippen LogP contribution < -0.4 is 15.3 Å². The van der Waals surface area contributed by atoms with Crippen molar-refractivity contribution in [3.05, 3.63) is 53.6 Å². The van der Waals surface area contributed by atoms with Crippen LogP contribution in [-0.2, 0) is 16.2 Å². The van der Waals surface area contributed by atoms with Gasteiger partial charge in [-0.15, -0.1) is 0 Å². The number of aliphatic hydroxyl groups excluding tert-OH is 1. The van der Waals surface area contributed by atoms with Gasteiger partial charge in [-0.25, -0.2) is 9.63 Å². The molecular weight excluding hydrogens is 472 g/mol. The Morgan fingerprint density at radius 3 is 2.65 bits per heavy atom. The van der Waals surface area contributed by atoms with Gasteiger partial charge in [0.15, 0.2) is 5.69 Å². The first-order valence-electron chi connectivity index (χ1n) is 13.3. The van der Waals surface area contributed by atoms with Crippen molar-refractivity contribution in [2.24, 2.45) is 0 Å². The van der Waals surface area contributed by atoms with E-state index < -0.39 is 0 Å². The lowest BCUT2D eigenvalue weighted by atomic mass is 9.99. The van der Waals surface area contributed by atoms with E-state index in [1.165, 1.54) is 0 Å². The number of ether oxygens (including phenoxy) is 1. The van der Waals surface area contributed by atoms with Crippen molar-refractivity contribution >= 4 is 29.1 Å². The quantitative estimate of drug-likeness (QED) is 0.273. The number of cyclic esters (lactones) is 1. The number of nitrogens with zero attached hydrogens (tertiary/aromatic N) is 3. The predicted octanol–water partition coefficient (Wildman–Crippen LogP) is 3.19. The van der Waals surface area contributed by atoms with Crippen LogP contribution in [0.25, 0.3) is 0 Å². The van der Waals surface area contributed by atoms with E-state index in [4.69, 9.17) is 9.57 Å². The largest absolute Gasteiger partial charge is 0.444 e. The fourth-order valence-corrected chi connectivity index (χ4v) is 5.25. The van der Waals surface area contributed by atoms with Crippen LogP contribution in [0.5, 0.6) is 0 Å². The Morgan fingerprint density at radius 1 is 1.14 bits per heavy atom. The zero-order valence-electron chi connectivity index (χ0n) is 21.9. The fourth-order valence-electron chi connectivity index (χ4n) is 5.25. The van der Waals surface area contributed by atoms with Crippen molar-refractivity contribution < 1.29 is 29.8 Å². The van der Waals surface area contributed by atoms with Crippen LogP contribution in [0.4, 0.5) is 21.9 Å². The van der Waals surface area contributed by atoms with Crippen LogP contribution in [0.3, 0.4) is 0 Å². The topological polar surface area (TPSA) is 99.2 Å². The molecule has 9 nitrogen and oxygen atoms in total. The molecule has 0 saturated carbocycles. The Morgan fingerprint density at radius 2 is 1.92 bits per heavy atom. The molecule has 0 spiro atoms. The van der Waals surface area contributed by atoms with Gasteiger partial charge in [0.25, 0.3) is 5.91 Å². The Bertz CT molecular complexity index is 1070. The summed E-state index contributed by atoms with van der Waals surface area (Å²) in [4.78, 5) is 37.1. The number of benzene rings is 2. The molecule has 2 aliphatic heterocycles. The molecule has 9 heteroatoms. The molecule has 37 heavy (non-hydrogen) atoms. The van der Waals surface area contributed by atoms with Gasteiger partial charge in [-0.1, -0.05) is 38.0 Å². The molecule has 1 fully saturated rings. The Hall–Kier alpha value is -3.14. The highest BCUT2D eigenvalue weighted by Gasteiger charge is 2.35. The van der Waals surface area contributed by atoms with Gasteiger partial charge in [0, 0.05) is 49.4 Å². The van der Waals surface area contributed by atoms with Gasteiger partial charge in [-0.05, 0) is 37.5 Å². The summed E-state index contributed by atoms with van der Waals surface area (Å²) in [5, 5.41) is 9.47. The molecule has 2 heterocycles. The van der Waals surface area contributed by atoms with Gasteiger partial charge in [0.05, 0.1) is 19.4 Å². The van der Waals surface area contributed by atoms with E-state index in [0.717, 1.165) is 67.8 Å². The van der Waals surface area contributed by atoms with Crippen LogP contribution in [0.15, 0.2) is 42.5 Å². The third kappa shape index (κ3) is 6.23.